The molecular formula is C15H15ClO2. The van der Waals surface area contributed by atoms with Gasteiger partial charge in [-0.05, 0) is 12.1 Å². The first kappa shape index (κ1) is 13.1. The molecule has 0 radical (unpaired) electrons. The van der Waals surface area contributed by atoms with Crippen molar-refractivity contribution >= 4 is 11.6 Å². The van der Waals surface area contributed by atoms with Crippen LogP contribution >= 0.6 is 11.6 Å². The summed E-state index contributed by atoms with van der Waals surface area (Å²) in [6, 6.07) is 17.3. The first-order valence-corrected chi connectivity index (χ1v) is 6.02. The third kappa shape index (κ3) is 2.27. The zero-order chi connectivity index (χ0) is 13.0. The van der Waals surface area contributed by atoms with Crippen molar-refractivity contribution in [2.75, 3.05) is 14.2 Å². The van der Waals surface area contributed by atoms with E-state index in [1.54, 1.807) is 14.2 Å². The van der Waals surface area contributed by atoms with Crippen molar-refractivity contribution in [1.29, 1.82) is 0 Å². The molecule has 0 aromatic heterocycles. The first-order chi connectivity index (χ1) is 8.73. The van der Waals surface area contributed by atoms with E-state index >= 15 is 0 Å². The quantitative estimate of drug-likeness (QED) is 0.780. The van der Waals surface area contributed by atoms with Crippen molar-refractivity contribution in [3.05, 3.63) is 70.7 Å². The number of rotatable bonds is 4. The van der Waals surface area contributed by atoms with Crippen molar-refractivity contribution < 1.29 is 9.47 Å². The lowest BCUT2D eigenvalue weighted by molar-refractivity contribution is -0.183. The molecule has 2 aromatic carbocycles. The second-order valence-corrected chi connectivity index (χ2v) is 4.33. The molecule has 0 aliphatic carbocycles. The van der Waals surface area contributed by atoms with E-state index in [2.05, 4.69) is 0 Å². The minimum Gasteiger partial charge on any atom is -0.346 e. The summed E-state index contributed by atoms with van der Waals surface area (Å²) in [6.45, 7) is 0. The van der Waals surface area contributed by atoms with Gasteiger partial charge in [-0.3, -0.25) is 0 Å². The molecule has 0 spiro atoms. The van der Waals surface area contributed by atoms with Gasteiger partial charge in [0.15, 0.2) is 0 Å². The van der Waals surface area contributed by atoms with E-state index in [-0.39, 0.29) is 0 Å². The highest BCUT2D eigenvalue weighted by Gasteiger charge is 2.34. The second kappa shape index (κ2) is 5.53. The largest absolute Gasteiger partial charge is 0.346 e. The van der Waals surface area contributed by atoms with E-state index in [9.17, 15) is 0 Å². The van der Waals surface area contributed by atoms with Gasteiger partial charge in [-0.15, -0.1) is 0 Å². The summed E-state index contributed by atoms with van der Waals surface area (Å²) in [7, 11) is 3.26. The van der Waals surface area contributed by atoms with E-state index in [1.807, 2.05) is 54.6 Å². The molecule has 0 amide bonds. The van der Waals surface area contributed by atoms with Crippen LogP contribution in [0.15, 0.2) is 54.6 Å². The monoisotopic (exact) mass is 262 g/mol. The smallest absolute Gasteiger partial charge is 0.221 e. The summed E-state index contributed by atoms with van der Waals surface area (Å²) in [5, 5.41) is 0.688. The molecule has 0 aliphatic heterocycles. The Morgan fingerprint density at radius 2 is 1.28 bits per heavy atom. The highest BCUT2D eigenvalue weighted by molar-refractivity contribution is 6.30. The fourth-order valence-corrected chi connectivity index (χ4v) is 2.17. The van der Waals surface area contributed by atoms with E-state index in [4.69, 9.17) is 21.1 Å². The maximum atomic E-state index is 5.91. The van der Waals surface area contributed by atoms with Crippen molar-refractivity contribution in [3.63, 3.8) is 0 Å². The van der Waals surface area contributed by atoms with Crippen molar-refractivity contribution in [2.24, 2.45) is 0 Å². The van der Waals surface area contributed by atoms with Crippen LogP contribution in [0.2, 0.25) is 5.02 Å². The molecule has 18 heavy (non-hydrogen) atoms. The molecule has 0 heterocycles. The number of hydrogen-bond donors (Lipinski definition) is 0. The molecule has 0 N–H and O–H groups in total. The molecule has 2 aromatic rings. The predicted octanol–water partition coefficient (Wildman–Crippen LogP) is 3.83. The molecule has 0 bridgehead atoms. The molecule has 0 saturated carbocycles. The molecule has 0 saturated heterocycles. The van der Waals surface area contributed by atoms with Gasteiger partial charge >= 0.3 is 0 Å². The summed E-state index contributed by atoms with van der Waals surface area (Å²) in [5.74, 6) is -0.897. The van der Waals surface area contributed by atoms with Crippen molar-refractivity contribution in [3.8, 4) is 0 Å². The Balaban J connectivity index is 2.54. The number of halogens is 1. The van der Waals surface area contributed by atoms with Crippen molar-refractivity contribution in [1.82, 2.24) is 0 Å². The lowest BCUT2D eigenvalue weighted by Gasteiger charge is -2.31. The van der Waals surface area contributed by atoms with E-state index in [0.29, 0.717) is 5.02 Å². The molecule has 3 heteroatoms. The Hall–Kier alpha value is -1.35. The zero-order valence-corrected chi connectivity index (χ0v) is 11.1. The highest BCUT2D eigenvalue weighted by Crippen LogP contribution is 2.34. The van der Waals surface area contributed by atoms with Crippen LogP contribution in [0.25, 0.3) is 0 Å². The van der Waals surface area contributed by atoms with Gasteiger partial charge in [-0.1, -0.05) is 54.1 Å². The molecule has 0 fully saturated rings. The van der Waals surface area contributed by atoms with Crippen LogP contribution in [0.4, 0.5) is 0 Å². The normalized spacial score (nSPS) is 11.5. The van der Waals surface area contributed by atoms with Gasteiger partial charge in [0, 0.05) is 30.4 Å². The van der Waals surface area contributed by atoms with Gasteiger partial charge in [-0.2, -0.15) is 0 Å². The third-order valence-corrected chi connectivity index (χ3v) is 3.20. The average molecular weight is 263 g/mol. The number of hydrogen-bond acceptors (Lipinski definition) is 2. The van der Waals surface area contributed by atoms with Gasteiger partial charge in [0.2, 0.25) is 5.79 Å². The predicted molar refractivity (Wildman–Crippen MR) is 72.7 cm³/mol. The molecule has 94 valence electrons. The van der Waals surface area contributed by atoms with Crippen LogP contribution in [-0.2, 0) is 15.3 Å². The topological polar surface area (TPSA) is 18.5 Å². The zero-order valence-electron chi connectivity index (χ0n) is 10.4. The summed E-state index contributed by atoms with van der Waals surface area (Å²) >= 11 is 5.91. The van der Waals surface area contributed by atoms with Crippen molar-refractivity contribution in [2.45, 2.75) is 5.79 Å². The van der Waals surface area contributed by atoms with Gasteiger partial charge in [0.25, 0.3) is 0 Å². The fraction of sp³-hybridized carbons (Fsp3) is 0.200. The minimum absolute atomic E-state index is 0.688. The van der Waals surface area contributed by atoms with Gasteiger partial charge < -0.3 is 9.47 Å². The number of methoxy groups -OCH3 is 2. The molecule has 2 nitrogen and oxygen atoms in total. The van der Waals surface area contributed by atoms with Crippen LogP contribution in [0, 0.1) is 0 Å². The summed E-state index contributed by atoms with van der Waals surface area (Å²) in [6.07, 6.45) is 0. The van der Waals surface area contributed by atoms with E-state index in [1.165, 1.54) is 0 Å². The summed E-state index contributed by atoms with van der Waals surface area (Å²) in [4.78, 5) is 0. The maximum Gasteiger partial charge on any atom is 0.221 e. The minimum atomic E-state index is -0.897. The highest BCUT2D eigenvalue weighted by atomic mass is 35.5. The second-order valence-electron chi connectivity index (χ2n) is 3.90. The van der Waals surface area contributed by atoms with Crippen LogP contribution in [0.3, 0.4) is 0 Å². The van der Waals surface area contributed by atoms with E-state index < -0.39 is 5.79 Å². The van der Waals surface area contributed by atoms with Crippen LogP contribution < -0.4 is 0 Å². The molecular weight excluding hydrogens is 248 g/mol. The van der Waals surface area contributed by atoms with Gasteiger partial charge in [0.1, 0.15) is 0 Å². The Bertz CT molecular complexity index is 490. The lowest BCUT2D eigenvalue weighted by Crippen LogP contribution is -2.32. The van der Waals surface area contributed by atoms with Crippen LogP contribution in [0.1, 0.15) is 11.1 Å². The Kier molecular flexibility index (Phi) is 4.02. The average Bonchev–Trinajstić information content (AvgIpc) is 2.44. The fourth-order valence-electron chi connectivity index (χ4n) is 2.05. The first-order valence-electron chi connectivity index (χ1n) is 5.65. The standard InChI is InChI=1S/C15H15ClO2/c1-17-15(18-2,12-6-4-3-5-7-12)13-8-10-14(16)11-9-13/h3-11H,1-2H3. The Morgan fingerprint density at radius 1 is 0.778 bits per heavy atom. The molecule has 0 unspecified atom stereocenters. The SMILES string of the molecule is COC(OC)(c1ccccc1)c1ccc(Cl)cc1. The maximum absolute atomic E-state index is 5.91. The van der Waals surface area contributed by atoms with Gasteiger partial charge in [0.05, 0.1) is 0 Å². The molecule has 0 atom stereocenters. The number of benzene rings is 2. The Morgan fingerprint density at radius 3 is 1.78 bits per heavy atom. The number of ether oxygens (including phenoxy) is 2. The van der Waals surface area contributed by atoms with Gasteiger partial charge in [-0.25, -0.2) is 0 Å². The molecule has 2 rings (SSSR count). The third-order valence-electron chi connectivity index (χ3n) is 2.95. The lowest BCUT2D eigenvalue weighted by atomic mass is 9.97. The molecule has 0 aliphatic rings. The summed E-state index contributed by atoms with van der Waals surface area (Å²) in [5.41, 5.74) is 1.85. The van der Waals surface area contributed by atoms with E-state index in [0.717, 1.165) is 11.1 Å². The Labute approximate surface area is 112 Å². The van der Waals surface area contributed by atoms with Crippen LogP contribution in [0.5, 0.6) is 0 Å². The summed E-state index contributed by atoms with van der Waals surface area (Å²) < 4.78 is 11.3. The van der Waals surface area contributed by atoms with Crippen LogP contribution in [-0.4, -0.2) is 14.2 Å².